The van der Waals surface area contributed by atoms with E-state index in [-0.39, 0.29) is 5.75 Å². The molecule has 0 radical (unpaired) electrons. The van der Waals surface area contributed by atoms with Gasteiger partial charge in [-0.05, 0) is 24.8 Å². The molecule has 0 saturated carbocycles. The van der Waals surface area contributed by atoms with Crippen LogP contribution in [-0.2, 0) is 10.0 Å². The van der Waals surface area contributed by atoms with E-state index in [4.69, 9.17) is 11.6 Å². The van der Waals surface area contributed by atoms with Crippen LogP contribution in [-0.4, -0.2) is 26.6 Å². The van der Waals surface area contributed by atoms with Crippen LogP contribution in [0.2, 0.25) is 0 Å². The minimum atomic E-state index is -3.33. The van der Waals surface area contributed by atoms with E-state index in [1.54, 1.807) is 0 Å². The predicted octanol–water partition coefficient (Wildman–Crippen LogP) is 3.62. The smallest absolute Gasteiger partial charge is 0.235 e. The van der Waals surface area contributed by atoms with Gasteiger partial charge in [-0.3, -0.25) is 4.31 Å². The van der Waals surface area contributed by atoms with Crippen molar-refractivity contribution in [3.8, 4) is 0 Å². The lowest BCUT2D eigenvalue weighted by atomic mass is 10.1. The Morgan fingerprint density at radius 3 is 2.50 bits per heavy atom. The molecule has 0 aliphatic carbocycles. The van der Waals surface area contributed by atoms with Gasteiger partial charge in [0.1, 0.15) is 0 Å². The largest absolute Gasteiger partial charge is 0.270 e. The standard InChI is InChI=1S/C15H18ClNO2S/c1-2-17(20(18,19)12-6-11-16)15-10-5-8-13-7-3-4-9-14(13)15/h3-5,7-10H,2,6,11-12H2,1H3. The van der Waals surface area contributed by atoms with Crippen molar-refractivity contribution in [2.24, 2.45) is 0 Å². The van der Waals surface area contributed by atoms with E-state index in [2.05, 4.69) is 0 Å². The zero-order valence-electron chi connectivity index (χ0n) is 11.4. The predicted molar refractivity (Wildman–Crippen MR) is 86.1 cm³/mol. The molecule has 0 N–H and O–H groups in total. The minimum Gasteiger partial charge on any atom is -0.270 e. The van der Waals surface area contributed by atoms with Gasteiger partial charge in [-0.15, -0.1) is 11.6 Å². The van der Waals surface area contributed by atoms with E-state index < -0.39 is 10.0 Å². The molecule has 0 bridgehead atoms. The monoisotopic (exact) mass is 311 g/mol. The summed E-state index contributed by atoms with van der Waals surface area (Å²) in [4.78, 5) is 0. The van der Waals surface area contributed by atoms with Crippen molar-refractivity contribution in [2.75, 3.05) is 22.5 Å². The van der Waals surface area contributed by atoms with Crippen molar-refractivity contribution in [1.82, 2.24) is 0 Å². The van der Waals surface area contributed by atoms with Crippen LogP contribution in [0, 0.1) is 0 Å². The van der Waals surface area contributed by atoms with Gasteiger partial charge >= 0.3 is 0 Å². The highest BCUT2D eigenvalue weighted by Crippen LogP contribution is 2.28. The lowest BCUT2D eigenvalue weighted by molar-refractivity contribution is 0.590. The van der Waals surface area contributed by atoms with Gasteiger partial charge in [-0.25, -0.2) is 8.42 Å². The number of halogens is 1. The maximum atomic E-state index is 12.4. The first kappa shape index (κ1) is 15.1. The van der Waals surface area contributed by atoms with Gasteiger partial charge in [0.05, 0.1) is 11.4 Å². The Labute approximate surface area is 125 Å². The van der Waals surface area contributed by atoms with Crippen molar-refractivity contribution in [3.63, 3.8) is 0 Å². The fourth-order valence-corrected chi connectivity index (χ4v) is 4.16. The quantitative estimate of drug-likeness (QED) is 0.764. The number of fused-ring (bicyclic) bond motifs is 1. The molecule has 0 amide bonds. The molecule has 0 spiro atoms. The number of hydrogen-bond donors (Lipinski definition) is 0. The van der Waals surface area contributed by atoms with Gasteiger partial charge in [0, 0.05) is 17.8 Å². The summed E-state index contributed by atoms with van der Waals surface area (Å²) >= 11 is 5.61. The second-order valence-corrected chi connectivity index (χ2v) is 6.91. The molecule has 0 aliphatic heterocycles. The highest BCUT2D eigenvalue weighted by molar-refractivity contribution is 7.92. The maximum Gasteiger partial charge on any atom is 0.235 e. The van der Waals surface area contributed by atoms with E-state index in [0.29, 0.717) is 18.8 Å². The molecule has 0 atom stereocenters. The van der Waals surface area contributed by atoms with E-state index in [1.807, 2.05) is 49.4 Å². The van der Waals surface area contributed by atoms with E-state index in [1.165, 1.54) is 4.31 Å². The summed E-state index contributed by atoms with van der Waals surface area (Å²) < 4.78 is 26.3. The van der Waals surface area contributed by atoms with Crippen LogP contribution in [0.4, 0.5) is 5.69 Å². The van der Waals surface area contributed by atoms with Crippen LogP contribution >= 0.6 is 11.6 Å². The van der Waals surface area contributed by atoms with Gasteiger partial charge < -0.3 is 0 Å². The van der Waals surface area contributed by atoms with Gasteiger partial charge in [0.2, 0.25) is 10.0 Å². The first-order valence-electron chi connectivity index (χ1n) is 6.64. The molecular formula is C15H18ClNO2S. The zero-order chi connectivity index (χ0) is 14.6. The van der Waals surface area contributed by atoms with Gasteiger partial charge in [-0.1, -0.05) is 36.4 Å². The third-order valence-electron chi connectivity index (χ3n) is 3.19. The molecule has 0 saturated heterocycles. The van der Waals surface area contributed by atoms with Crippen molar-refractivity contribution in [2.45, 2.75) is 13.3 Å². The SMILES string of the molecule is CCN(c1cccc2ccccc12)S(=O)(=O)CCCCl. The van der Waals surface area contributed by atoms with E-state index in [9.17, 15) is 8.42 Å². The third kappa shape index (κ3) is 3.07. The average molecular weight is 312 g/mol. The average Bonchev–Trinajstić information content (AvgIpc) is 2.46. The van der Waals surface area contributed by atoms with Crippen molar-refractivity contribution < 1.29 is 8.42 Å². The molecule has 2 aromatic rings. The Balaban J connectivity index is 2.50. The Morgan fingerprint density at radius 1 is 1.10 bits per heavy atom. The number of hydrogen-bond acceptors (Lipinski definition) is 2. The van der Waals surface area contributed by atoms with E-state index >= 15 is 0 Å². The number of nitrogens with zero attached hydrogens (tertiary/aromatic N) is 1. The number of anilines is 1. The van der Waals surface area contributed by atoms with Crippen molar-refractivity contribution >= 4 is 38.1 Å². The molecular weight excluding hydrogens is 294 g/mol. The number of alkyl halides is 1. The normalized spacial score (nSPS) is 11.7. The first-order valence-corrected chi connectivity index (χ1v) is 8.78. The summed E-state index contributed by atoms with van der Waals surface area (Å²) in [5, 5.41) is 1.99. The minimum absolute atomic E-state index is 0.0769. The molecule has 3 nitrogen and oxygen atoms in total. The van der Waals surface area contributed by atoms with Crippen LogP contribution < -0.4 is 4.31 Å². The summed E-state index contributed by atoms with van der Waals surface area (Å²) in [5.41, 5.74) is 0.736. The van der Waals surface area contributed by atoms with Gasteiger partial charge in [0.15, 0.2) is 0 Å². The van der Waals surface area contributed by atoms with Crippen LogP contribution in [0.25, 0.3) is 10.8 Å². The lowest BCUT2D eigenvalue weighted by Gasteiger charge is -2.24. The van der Waals surface area contributed by atoms with Crippen LogP contribution in [0.1, 0.15) is 13.3 Å². The number of benzene rings is 2. The van der Waals surface area contributed by atoms with E-state index in [0.717, 1.165) is 16.5 Å². The lowest BCUT2D eigenvalue weighted by Crippen LogP contribution is -2.33. The topological polar surface area (TPSA) is 37.4 Å². The molecule has 0 unspecified atom stereocenters. The Kier molecular flexibility index (Phi) is 4.89. The second kappa shape index (κ2) is 6.46. The Bertz CT molecular complexity index is 680. The maximum absolute atomic E-state index is 12.4. The molecule has 0 aliphatic rings. The van der Waals surface area contributed by atoms with Gasteiger partial charge in [0.25, 0.3) is 0 Å². The molecule has 0 fully saturated rings. The number of sulfonamides is 1. The summed E-state index contributed by atoms with van der Waals surface area (Å²) in [5.74, 6) is 0.430. The summed E-state index contributed by atoms with van der Waals surface area (Å²) in [7, 11) is -3.33. The Morgan fingerprint density at radius 2 is 1.80 bits per heavy atom. The Hall–Kier alpha value is -1.26. The molecule has 108 valence electrons. The fraction of sp³-hybridized carbons (Fsp3) is 0.333. The fourth-order valence-electron chi connectivity index (χ4n) is 2.29. The molecule has 0 heterocycles. The molecule has 20 heavy (non-hydrogen) atoms. The van der Waals surface area contributed by atoms with Gasteiger partial charge in [-0.2, -0.15) is 0 Å². The second-order valence-electron chi connectivity index (χ2n) is 4.52. The van der Waals surface area contributed by atoms with Crippen LogP contribution in [0.5, 0.6) is 0 Å². The van der Waals surface area contributed by atoms with Crippen molar-refractivity contribution in [1.29, 1.82) is 0 Å². The third-order valence-corrected chi connectivity index (χ3v) is 5.39. The summed E-state index contributed by atoms with van der Waals surface area (Å²) in [6, 6.07) is 13.5. The highest BCUT2D eigenvalue weighted by Gasteiger charge is 2.21. The molecule has 2 rings (SSSR count). The molecule has 0 aromatic heterocycles. The summed E-state index contributed by atoms with van der Waals surface area (Å²) in [6.45, 7) is 2.26. The van der Waals surface area contributed by atoms with Crippen LogP contribution in [0.3, 0.4) is 0 Å². The van der Waals surface area contributed by atoms with Crippen LogP contribution in [0.15, 0.2) is 42.5 Å². The summed E-state index contributed by atoms with van der Waals surface area (Å²) in [6.07, 6.45) is 0.463. The zero-order valence-corrected chi connectivity index (χ0v) is 13.0. The highest BCUT2D eigenvalue weighted by atomic mass is 35.5. The number of rotatable bonds is 6. The van der Waals surface area contributed by atoms with Crippen molar-refractivity contribution in [3.05, 3.63) is 42.5 Å². The first-order chi connectivity index (χ1) is 9.60. The molecule has 5 heteroatoms. The molecule has 2 aromatic carbocycles.